The molecule has 15 heavy (non-hydrogen) atoms. The molecule has 0 saturated carbocycles. The van der Waals surface area contributed by atoms with Crippen LogP contribution in [-0.4, -0.2) is 19.9 Å². The highest BCUT2D eigenvalue weighted by atomic mass is 28.3. The maximum atomic E-state index is 10.6. The van der Waals surface area contributed by atoms with Crippen molar-refractivity contribution in [3.05, 3.63) is 23.6 Å². The topological polar surface area (TPSA) is 37.3 Å². The van der Waals surface area contributed by atoms with Crippen LogP contribution in [0.4, 0.5) is 0 Å². The lowest BCUT2D eigenvalue weighted by atomic mass is 10.2. The fourth-order valence-corrected chi connectivity index (χ4v) is 3.55. The fraction of sp³-hybridized carbons (Fsp3) is 0.583. The average molecular weight is 226 g/mol. The molecule has 0 aromatic heterocycles. The van der Waals surface area contributed by atoms with E-state index in [0.29, 0.717) is 5.57 Å². The predicted molar refractivity (Wildman–Crippen MR) is 67.7 cm³/mol. The zero-order chi connectivity index (χ0) is 11.7. The molecule has 2 nitrogen and oxygen atoms in total. The minimum Gasteiger partial charge on any atom is -0.478 e. The highest BCUT2D eigenvalue weighted by Gasteiger charge is 2.06. The summed E-state index contributed by atoms with van der Waals surface area (Å²) >= 11 is 0. The molecule has 3 heteroatoms. The van der Waals surface area contributed by atoms with Gasteiger partial charge in [-0.05, 0) is 6.92 Å². The molecular weight excluding hydrogens is 204 g/mol. The van der Waals surface area contributed by atoms with E-state index in [2.05, 4.69) is 13.5 Å². The summed E-state index contributed by atoms with van der Waals surface area (Å²) in [7, 11) is -1.15. The predicted octanol–water partition coefficient (Wildman–Crippen LogP) is 3.09. The Hall–Kier alpha value is -0.833. The van der Waals surface area contributed by atoms with E-state index in [1.807, 2.05) is 11.4 Å². The molecule has 0 fully saturated rings. The lowest BCUT2D eigenvalue weighted by molar-refractivity contribution is -0.132. The molecule has 0 aliphatic carbocycles. The van der Waals surface area contributed by atoms with Gasteiger partial charge in [0.25, 0.3) is 0 Å². The van der Waals surface area contributed by atoms with Gasteiger partial charge in [-0.25, -0.2) is 4.79 Å². The Bertz CT molecular complexity index is 234. The SMILES string of the molecule is C=C[SiH](C=C(C)C(=O)O)CCCCCC. The Kier molecular flexibility index (Phi) is 8.00. The lowest BCUT2D eigenvalue weighted by Crippen LogP contribution is -2.09. The molecule has 0 saturated heterocycles. The zero-order valence-corrected chi connectivity index (χ0v) is 11.0. The van der Waals surface area contributed by atoms with Crippen molar-refractivity contribution in [2.24, 2.45) is 0 Å². The van der Waals surface area contributed by atoms with Crippen molar-refractivity contribution in [3.63, 3.8) is 0 Å². The summed E-state index contributed by atoms with van der Waals surface area (Å²) in [5.74, 6) is -0.803. The third-order valence-electron chi connectivity index (χ3n) is 2.50. The molecule has 1 atom stereocenters. The van der Waals surface area contributed by atoms with Crippen molar-refractivity contribution in [1.82, 2.24) is 0 Å². The highest BCUT2D eigenvalue weighted by Crippen LogP contribution is 2.09. The van der Waals surface area contributed by atoms with Crippen LogP contribution in [-0.2, 0) is 4.79 Å². The molecule has 0 radical (unpaired) electrons. The number of aliphatic carboxylic acids is 1. The van der Waals surface area contributed by atoms with E-state index < -0.39 is 14.8 Å². The smallest absolute Gasteiger partial charge is 0.330 e. The Morgan fingerprint density at radius 2 is 2.07 bits per heavy atom. The maximum Gasteiger partial charge on any atom is 0.330 e. The third kappa shape index (κ3) is 7.14. The molecular formula is C12H22O2Si. The number of hydrogen-bond acceptors (Lipinski definition) is 1. The molecule has 0 aliphatic rings. The van der Waals surface area contributed by atoms with Gasteiger partial charge in [-0.3, -0.25) is 0 Å². The molecule has 0 amide bonds. The van der Waals surface area contributed by atoms with Crippen LogP contribution in [0, 0.1) is 0 Å². The zero-order valence-electron chi connectivity index (χ0n) is 9.83. The Labute approximate surface area is 94.3 Å². The Morgan fingerprint density at radius 3 is 2.53 bits per heavy atom. The number of unbranched alkanes of at least 4 members (excludes halogenated alkanes) is 3. The lowest BCUT2D eigenvalue weighted by Gasteiger charge is -2.06. The highest BCUT2D eigenvalue weighted by molar-refractivity contribution is 6.69. The van der Waals surface area contributed by atoms with Gasteiger partial charge in [-0.15, -0.1) is 12.3 Å². The second kappa shape index (κ2) is 8.47. The quantitative estimate of drug-likeness (QED) is 0.392. The summed E-state index contributed by atoms with van der Waals surface area (Å²) in [5, 5.41) is 8.76. The van der Waals surface area contributed by atoms with Crippen LogP contribution >= 0.6 is 0 Å². The minimum atomic E-state index is -1.15. The summed E-state index contributed by atoms with van der Waals surface area (Å²) in [6.45, 7) is 7.65. The first-order chi connectivity index (χ1) is 7.11. The van der Waals surface area contributed by atoms with E-state index in [1.165, 1.54) is 25.7 Å². The van der Waals surface area contributed by atoms with Crippen LogP contribution in [0.25, 0.3) is 0 Å². The summed E-state index contributed by atoms with van der Waals surface area (Å²) in [6, 6.07) is 1.15. The van der Waals surface area contributed by atoms with Gasteiger partial charge in [0.05, 0.1) is 8.80 Å². The Balaban J connectivity index is 3.98. The normalized spacial score (nSPS) is 13.6. The molecule has 0 aliphatic heterocycles. The molecule has 0 aromatic carbocycles. The minimum absolute atomic E-state index is 0.474. The van der Waals surface area contributed by atoms with Crippen molar-refractivity contribution in [2.75, 3.05) is 0 Å². The maximum absolute atomic E-state index is 10.6. The first kappa shape index (κ1) is 14.2. The van der Waals surface area contributed by atoms with E-state index >= 15 is 0 Å². The molecule has 0 spiro atoms. The molecule has 0 heterocycles. The van der Waals surface area contributed by atoms with E-state index in [4.69, 9.17) is 5.11 Å². The van der Waals surface area contributed by atoms with Gasteiger partial charge in [0.15, 0.2) is 0 Å². The van der Waals surface area contributed by atoms with E-state index in [9.17, 15) is 4.79 Å². The number of carboxylic acid groups (broad SMARTS) is 1. The van der Waals surface area contributed by atoms with Gasteiger partial charge in [-0.2, -0.15) is 0 Å². The van der Waals surface area contributed by atoms with Crippen molar-refractivity contribution in [1.29, 1.82) is 0 Å². The van der Waals surface area contributed by atoms with Crippen molar-refractivity contribution < 1.29 is 9.90 Å². The van der Waals surface area contributed by atoms with Gasteiger partial charge in [0.2, 0.25) is 0 Å². The number of carboxylic acids is 1. The number of carbonyl (C=O) groups is 1. The molecule has 1 unspecified atom stereocenters. The van der Waals surface area contributed by atoms with Crippen molar-refractivity contribution in [3.8, 4) is 0 Å². The first-order valence-corrected chi connectivity index (χ1v) is 7.81. The standard InChI is InChI=1S/C12H22O2Si/c1-4-6-7-8-9-15(5-2)10-11(3)12(13)14/h5,10,15H,2,4,6-9H2,1,3H3,(H,13,14). The van der Waals surface area contributed by atoms with Crippen molar-refractivity contribution in [2.45, 2.75) is 45.6 Å². The fourth-order valence-electron chi connectivity index (χ4n) is 1.47. The summed E-state index contributed by atoms with van der Waals surface area (Å²) < 4.78 is 0. The van der Waals surface area contributed by atoms with Crippen molar-refractivity contribution >= 4 is 14.8 Å². The van der Waals surface area contributed by atoms with Gasteiger partial charge in [0.1, 0.15) is 0 Å². The molecule has 0 aromatic rings. The second-order valence-electron chi connectivity index (χ2n) is 3.90. The van der Waals surface area contributed by atoms with E-state index in [0.717, 1.165) is 6.04 Å². The number of rotatable bonds is 8. The van der Waals surface area contributed by atoms with E-state index in [-0.39, 0.29) is 0 Å². The summed E-state index contributed by atoms with van der Waals surface area (Å²) in [4.78, 5) is 10.6. The number of hydrogen-bond donors (Lipinski definition) is 1. The van der Waals surface area contributed by atoms with E-state index in [1.54, 1.807) is 6.92 Å². The summed E-state index contributed by atoms with van der Waals surface area (Å²) in [5.41, 5.74) is 4.38. The molecule has 1 N–H and O–H groups in total. The average Bonchev–Trinajstić information content (AvgIpc) is 2.22. The summed E-state index contributed by atoms with van der Waals surface area (Å²) in [6.07, 6.45) is 4.98. The van der Waals surface area contributed by atoms with Crippen LogP contribution in [0.3, 0.4) is 0 Å². The van der Waals surface area contributed by atoms with Crippen LogP contribution in [0.1, 0.15) is 39.5 Å². The van der Waals surface area contributed by atoms with Gasteiger partial charge in [-0.1, -0.05) is 44.4 Å². The van der Waals surface area contributed by atoms with Crippen LogP contribution in [0.5, 0.6) is 0 Å². The van der Waals surface area contributed by atoms with Gasteiger partial charge >= 0.3 is 5.97 Å². The van der Waals surface area contributed by atoms with Crippen LogP contribution in [0.15, 0.2) is 23.6 Å². The van der Waals surface area contributed by atoms with Gasteiger partial charge in [0, 0.05) is 5.57 Å². The third-order valence-corrected chi connectivity index (χ3v) is 5.10. The largest absolute Gasteiger partial charge is 0.478 e. The molecule has 0 rings (SSSR count). The monoisotopic (exact) mass is 226 g/mol. The second-order valence-corrected chi connectivity index (χ2v) is 6.61. The molecule has 0 bridgehead atoms. The van der Waals surface area contributed by atoms with Crippen LogP contribution in [0.2, 0.25) is 6.04 Å². The molecule has 86 valence electrons. The van der Waals surface area contributed by atoms with Crippen LogP contribution < -0.4 is 0 Å². The van der Waals surface area contributed by atoms with Gasteiger partial charge < -0.3 is 5.11 Å². The first-order valence-electron chi connectivity index (χ1n) is 5.66. The Morgan fingerprint density at radius 1 is 1.40 bits per heavy atom.